The van der Waals surface area contributed by atoms with E-state index in [1.54, 1.807) is 47.7 Å². The molecule has 0 amide bonds. The monoisotopic (exact) mass is 1110 g/mol. The summed E-state index contributed by atoms with van der Waals surface area (Å²) in [6.45, 7) is 22.1. The van der Waals surface area contributed by atoms with E-state index in [0.717, 1.165) is 122 Å². The van der Waals surface area contributed by atoms with E-state index >= 15 is 0 Å². The lowest BCUT2D eigenvalue weighted by molar-refractivity contribution is -0.0796. The second-order valence-corrected chi connectivity index (χ2v) is 22.3. The maximum absolute atomic E-state index is 8.76. The summed E-state index contributed by atoms with van der Waals surface area (Å²) in [5.74, 6) is 3.20. The van der Waals surface area contributed by atoms with Gasteiger partial charge in [-0.25, -0.2) is 0 Å². The van der Waals surface area contributed by atoms with Crippen LogP contribution in [-0.2, 0) is 37.9 Å². The van der Waals surface area contributed by atoms with Gasteiger partial charge in [-0.05, 0) is 137 Å². The van der Waals surface area contributed by atoms with Gasteiger partial charge in [0.25, 0.3) is 0 Å². The standard InChI is InChI=1S/C22H39NO2.C21H23NO2.C12H27NO2.C10H23NO4/c1-24-9-10-25-8-7-23(21-5-3-2-4-6-21)17-22-14-18-11-19(15-22)13-20(12-18)16-22;1-23-16-17-24-15-14-22(19-10-3-2-4-11-19)21-13-7-9-18-8-5-6-12-20(18)21;1-4-13(5-2)9-12-15-11-8-6-7-10-14-3;1-14-9-10-15-8-2-3-11(4-6-12)5-7-13/h18-21H,2-17H2,1H3;2-13H,14-17H2,1H3;4-12H2,1-3H3;12-13H,2-10H2,1H3. The Morgan fingerprint density at radius 1 is 0.468 bits per heavy atom. The van der Waals surface area contributed by atoms with Crippen LogP contribution >= 0.6 is 0 Å². The van der Waals surface area contributed by atoms with Crippen molar-refractivity contribution in [2.24, 2.45) is 23.2 Å². The van der Waals surface area contributed by atoms with Crippen LogP contribution in [0, 0.1) is 23.2 Å². The molecule has 5 saturated carbocycles. The van der Waals surface area contributed by atoms with E-state index in [4.69, 9.17) is 48.1 Å². The summed E-state index contributed by atoms with van der Waals surface area (Å²) >= 11 is 0. The van der Waals surface area contributed by atoms with Crippen molar-refractivity contribution in [3.63, 3.8) is 0 Å². The van der Waals surface area contributed by atoms with Crippen LogP contribution < -0.4 is 4.90 Å². The van der Waals surface area contributed by atoms with Gasteiger partial charge in [0.2, 0.25) is 0 Å². The molecule has 14 heteroatoms. The highest BCUT2D eigenvalue weighted by molar-refractivity contribution is 5.96. The van der Waals surface area contributed by atoms with E-state index in [0.29, 0.717) is 58.1 Å². The minimum atomic E-state index is 0.129. The van der Waals surface area contributed by atoms with E-state index in [2.05, 4.69) is 95.3 Å². The number of hydrogen-bond donors (Lipinski definition) is 2. The smallest absolute Gasteiger partial charge is 0.0701 e. The second-order valence-electron chi connectivity index (χ2n) is 22.3. The third-order valence-electron chi connectivity index (χ3n) is 16.4. The summed E-state index contributed by atoms with van der Waals surface area (Å²) in [6, 6.07) is 26.2. The van der Waals surface area contributed by atoms with Crippen molar-refractivity contribution in [1.29, 1.82) is 0 Å². The van der Waals surface area contributed by atoms with Crippen molar-refractivity contribution in [3.05, 3.63) is 72.8 Å². The molecular weight excluding hydrogens is 997 g/mol. The van der Waals surface area contributed by atoms with Crippen LogP contribution in [0.2, 0.25) is 0 Å². The molecule has 5 aliphatic rings. The molecule has 4 bridgehead atoms. The number of methoxy groups -OCH3 is 4. The van der Waals surface area contributed by atoms with Crippen molar-refractivity contribution in [1.82, 2.24) is 14.7 Å². The van der Waals surface area contributed by atoms with Gasteiger partial charge in [-0.1, -0.05) is 87.7 Å². The van der Waals surface area contributed by atoms with Gasteiger partial charge in [-0.3, -0.25) is 9.80 Å². The minimum Gasteiger partial charge on any atom is -0.395 e. The van der Waals surface area contributed by atoms with Gasteiger partial charge >= 0.3 is 0 Å². The van der Waals surface area contributed by atoms with Crippen molar-refractivity contribution < 1.29 is 48.1 Å². The first-order valence-corrected chi connectivity index (χ1v) is 30.8. The van der Waals surface area contributed by atoms with Crippen molar-refractivity contribution >= 4 is 22.1 Å². The van der Waals surface area contributed by atoms with E-state index in [9.17, 15) is 0 Å². The number of rotatable bonds is 39. The Kier molecular flexibility index (Phi) is 38.1. The first kappa shape index (κ1) is 68.7. The predicted molar refractivity (Wildman–Crippen MR) is 324 cm³/mol. The predicted octanol–water partition coefficient (Wildman–Crippen LogP) is 10.6. The molecule has 0 radical (unpaired) electrons. The molecule has 8 rings (SSSR count). The van der Waals surface area contributed by atoms with Gasteiger partial charge in [-0.15, -0.1) is 0 Å². The summed E-state index contributed by atoms with van der Waals surface area (Å²) in [4.78, 5) is 9.58. The number of benzene rings is 3. The van der Waals surface area contributed by atoms with Crippen LogP contribution in [0.4, 0.5) is 11.4 Å². The van der Waals surface area contributed by atoms with E-state index in [1.165, 1.54) is 86.5 Å². The quantitative estimate of drug-likeness (QED) is 0.0526. The number of aliphatic hydroxyl groups is 2. The Hall–Kier alpha value is -2.80. The number of anilines is 2. The normalized spacial score (nSPS) is 19.6. The lowest BCUT2D eigenvalue weighted by atomic mass is 9.49. The molecule has 0 aromatic heterocycles. The van der Waals surface area contributed by atoms with E-state index in [1.807, 2.05) is 11.0 Å². The molecule has 2 N–H and O–H groups in total. The van der Waals surface area contributed by atoms with Gasteiger partial charge in [0, 0.05) is 117 Å². The lowest BCUT2D eigenvalue weighted by Gasteiger charge is -2.58. The van der Waals surface area contributed by atoms with Crippen molar-refractivity contribution in [2.75, 3.05) is 185 Å². The van der Waals surface area contributed by atoms with E-state index < -0.39 is 0 Å². The van der Waals surface area contributed by atoms with Gasteiger partial charge in [0.05, 0.1) is 72.7 Å². The zero-order valence-electron chi connectivity index (χ0n) is 50.6. The average Bonchev–Trinajstić information content (AvgIpc) is 3.54. The number of para-hydroxylation sites is 1. The fraction of sp³-hybridized carbons (Fsp3) is 0.754. The first-order chi connectivity index (χ1) is 38.9. The molecule has 0 aliphatic heterocycles. The summed E-state index contributed by atoms with van der Waals surface area (Å²) in [7, 11) is 6.84. The molecule has 0 unspecified atom stereocenters. The Bertz CT molecular complexity index is 1830. The van der Waals surface area contributed by atoms with Gasteiger partial charge in [-0.2, -0.15) is 0 Å². The number of fused-ring (bicyclic) bond motifs is 1. The molecule has 0 heterocycles. The summed E-state index contributed by atoms with van der Waals surface area (Å²) in [6.07, 6.45) is 20.9. The largest absolute Gasteiger partial charge is 0.395 e. The van der Waals surface area contributed by atoms with E-state index in [-0.39, 0.29) is 13.2 Å². The minimum absolute atomic E-state index is 0.129. The van der Waals surface area contributed by atoms with Crippen LogP contribution in [0.15, 0.2) is 72.8 Å². The fourth-order valence-electron chi connectivity index (χ4n) is 12.7. The molecule has 0 atom stereocenters. The summed E-state index contributed by atoms with van der Waals surface area (Å²) in [5, 5.41) is 20.0. The number of aliphatic hydroxyl groups excluding tert-OH is 2. The highest BCUT2D eigenvalue weighted by Gasteiger charge is 2.51. The number of hydrogen-bond acceptors (Lipinski definition) is 14. The molecule has 452 valence electrons. The zero-order chi connectivity index (χ0) is 56.4. The highest BCUT2D eigenvalue weighted by atomic mass is 16.5. The Morgan fingerprint density at radius 3 is 1.58 bits per heavy atom. The number of unbranched alkanes of at least 4 members (excludes halogenated alkanes) is 2. The summed E-state index contributed by atoms with van der Waals surface area (Å²) in [5.41, 5.74) is 3.04. The Balaban J connectivity index is 0.000000234. The molecular formula is C65H112N4O10. The van der Waals surface area contributed by atoms with Crippen molar-refractivity contribution in [2.45, 2.75) is 116 Å². The third kappa shape index (κ3) is 27.9. The van der Waals surface area contributed by atoms with Crippen LogP contribution in [0.25, 0.3) is 10.8 Å². The van der Waals surface area contributed by atoms with Crippen LogP contribution in [0.5, 0.6) is 0 Å². The summed E-state index contributed by atoms with van der Waals surface area (Å²) < 4.78 is 42.4. The average molecular weight is 1110 g/mol. The van der Waals surface area contributed by atoms with Crippen LogP contribution in [0.1, 0.15) is 110 Å². The number of ether oxygens (including phenoxy) is 8. The fourth-order valence-corrected chi connectivity index (χ4v) is 12.7. The molecule has 3 aromatic rings. The number of likely N-dealkylation sites (N-methyl/N-ethyl adjacent to an activating group) is 1. The highest BCUT2D eigenvalue weighted by Crippen LogP contribution is 2.60. The molecule has 79 heavy (non-hydrogen) atoms. The second kappa shape index (κ2) is 43.8. The molecule has 14 nitrogen and oxygen atoms in total. The maximum Gasteiger partial charge on any atom is 0.0701 e. The Morgan fingerprint density at radius 2 is 0.987 bits per heavy atom. The van der Waals surface area contributed by atoms with Gasteiger partial charge in [0.15, 0.2) is 0 Å². The molecule has 3 aromatic carbocycles. The SMILES string of the molecule is CCN(CC)CCOCCCCCOC.COCCOCCCN(CCO)CCO.COCCOCCN(CC12CC3CC(CC(C3)C1)C2)C1CCCCC1.COCCOCCN(c1ccccc1)c1cccc2ccccc12. The molecule has 0 saturated heterocycles. The zero-order valence-corrected chi connectivity index (χ0v) is 50.6. The maximum atomic E-state index is 8.76. The lowest BCUT2D eigenvalue weighted by Crippen LogP contribution is -2.53. The first-order valence-electron chi connectivity index (χ1n) is 30.8. The van der Waals surface area contributed by atoms with Crippen LogP contribution in [0.3, 0.4) is 0 Å². The topological polar surface area (TPSA) is 127 Å². The third-order valence-corrected chi connectivity index (χ3v) is 16.4. The molecule has 0 spiro atoms. The molecule has 5 aliphatic carbocycles. The molecule has 5 fully saturated rings. The van der Waals surface area contributed by atoms with Gasteiger partial charge < -0.3 is 57.9 Å². The number of nitrogens with zero attached hydrogens (tertiary/aromatic N) is 4. The van der Waals surface area contributed by atoms with Gasteiger partial charge in [0.1, 0.15) is 0 Å². The Labute approximate surface area is 480 Å². The van der Waals surface area contributed by atoms with Crippen molar-refractivity contribution in [3.8, 4) is 0 Å². The van der Waals surface area contributed by atoms with Crippen LogP contribution in [-0.4, -0.2) is 211 Å².